The van der Waals surface area contributed by atoms with Gasteiger partial charge in [-0.2, -0.15) is 0 Å². The Bertz CT molecular complexity index is 521. The molecule has 0 heterocycles. The van der Waals surface area contributed by atoms with Crippen molar-refractivity contribution in [2.75, 3.05) is 6.54 Å². The largest absolute Gasteiger partial charge is 0.352 e. The van der Waals surface area contributed by atoms with Crippen LogP contribution < -0.4 is 16.4 Å². The third kappa shape index (κ3) is 5.81. The highest BCUT2D eigenvalue weighted by atomic mass is 19.1. The molecule has 0 aromatic heterocycles. The van der Waals surface area contributed by atoms with Crippen molar-refractivity contribution in [1.29, 1.82) is 0 Å². The Morgan fingerprint density at radius 1 is 1.23 bits per heavy atom. The van der Waals surface area contributed by atoms with E-state index in [1.807, 2.05) is 13.8 Å². The highest BCUT2D eigenvalue weighted by Gasteiger charge is 2.25. The lowest BCUT2D eigenvalue weighted by atomic mass is 10.0. The third-order valence-electron chi connectivity index (χ3n) is 3.06. The van der Waals surface area contributed by atoms with E-state index in [1.54, 1.807) is 13.8 Å². The van der Waals surface area contributed by atoms with Crippen molar-refractivity contribution in [3.8, 4) is 0 Å². The SMILES string of the molecule is CC(C)C(NC(=O)c1ccc(F)cc1)C(=O)NCC(C)(C)N. The minimum atomic E-state index is -0.681. The van der Waals surface area contributed by atoms with Gasteiger partial charge in [-0.15, -0.1) is 0 Å². The Kier molecular flexibility index (Phi) is 6.05. The van der Waals surface area contributed by atoms with Gasteiger partial charge < -0.3 is 16.4 Å². The molecule has 6 heteroatoms. The summed E-state index contributed by atoms with van der Waals surface area (Å²) in [4.78, 5) is 24.3. The van der Waals surface area contributed by atoms with Crippen molar-refractivity contribution < 1.29 is 14.0 Å². The maximum absolute atomic E-state index is 12.9. The molecule has 4 N–H and O–H groups in total. The number of rotatable bonds is 6. The summed E-state index contributed by atoms with van der Waals surface area (Å²) in [6, 6.07) is 4.48. The van der Waals surface area contributed by atoms with Crippen LogP contribution in [0.2, 0.25) is 0 Å². The van der Waals surface area contributed by atoms with Gasteiger partial charge >= 0.3 is 0 Å². The van der Waals surface area contributed by atoms with E-state index in [9.17, 15) is 14.0 Å². The van der Waals surface area contributed by atoms with E-state index in [0.717, 1.165) is 0 Å². The molecule has 0 bridgehead atoms. The van der Waals surface area contributed by atoms with Crippen molar-refractivity contribution in [3.63, 3.8) is 0 Å². The van der Waals surface area contributed by atoms with Gasteiger partial charge in [0, 0.05) is 17.6 Å². The van der Waals surface area contributed by atoms with E-state index in [1.165, 1.54) is 24.3 Å². The average Bonchev–Trinajstić information content (AvgIpc) is 2.41. The first-order valence-electron chi connectivity index (χ1n) is 7.23. The van der Waals surface area contributed by atoms with Gasteiger partial charge in [-0.05, 0) is 44.0 Å². The molecular formula is C16H24FN3O2. The number of carbonyl (C=O) groups is 2. The Hall–Kier alpha value is -1.95. The molecule has 1 aromatic carbocycles. The fraction of sp³-hybridized carbons (Fsp3) is 0.500. The lowest BCUT2D eigenvalue weighted by molar-refractivity contribution is -0.124. The van der Waals surface area contributed by atoms with E-state index in [-0.39, 0.29) is 11.8 Å². The molecule has 0 aliphatic carbocycles. The van der Waals surface area contributed by atoms with E-state index in [4.69, 9.17) is 5.73 Å². The van der Waals surface area contributed by atoms with Crippen LogP contribution in [0.25, 0.3) is 0 Å². The molecular weight excluding hydrogens is 285 g/mol. The zero-order valence-corrected chi connectivity index (χ0v) is 13.4. The van der Waals surface area contributed by atoms with Crippen molar-refractivity contribution >= 4 is 11.8 Å². The van der Waals surface area contributed by atoms with Crippen LogP contribution in [-0.2, 0) is 4.79 Å². The van der Waals surface area contributed by atoms with Gasteiger partial charge in [-0.25, -0.2) is 4.39 Å². The number of hydrogen-bond donors (Lipinski definition) is 3. The van der Waals surface area contributed by atoms with Gasteiger partial charge in [0.1, 0.15) is 11.9 Å². The summed E-state index contributed by atoms with van der Waals surface area (Å²) in [7, 11) is 0. The van der Waals surface area contributed by atoms with Crippen molar-refractivity contribution in [2.24, 2.45) is 11.7 Å². The lowest BCUT2D eigenvalue weighted by Gasteiger charge is -2.25. The molecule has 1 aromatic rings. The topological polar surface area (TPSA) is 84.2 Å². The van der Waals surface area contributed by atoms with Crippen LogP contribution in [0.15, 0.2) is 24.3 Å². The zero-order chi connectivity index (χ0) is 16.9. The molecule has 0 radical (unpaired) electrons. The number of hydrogen-bond acceptors (Lipinski definition) is 3. The van der Waals surface area contributed by atoms with Gasteiger partial charge in [0.05, 0.1) is 0 Å². The summed E-state index contributed by atoms with van der Waals surface area (Å²) in [5, 5.41) is 5.41. The van der Waals surface area contributed by atoms with Crippen LogP contribution in [0, 0.1) is 11.7 Å². The van der Waals surface area contributed by atoms with Crippen LogP contribution in [-0.4, -0.2) is 29.9 Å². The van der Waals surface area contributed by atoms with Gasteiger partial charge in [0.15, 0.2) is 0 Å². The van der Waals surface area contributed by atoms with E-state index >= 15 is 0 Å². The number of halogens is 1. The molecule has 0 spiro atoms. The molecule has 122 valence electrons. The molecule has 5 nitrogen and oxygen atoms in total. The number of nitrogens with one attached hydrogen (secondary N) is 2. The van der Waals surface area contributed by atoms with E-state index < -0.39 is 23.3 Å². The number of benzene rings is 1. The second kappa shape index (κ2) is 7.35. The maximum Gasteiger partial charge on any atom is 0.251 e. The molecule has 1 unspecified atom stereocenters. The number of amides is 2. The summed E-state index contributed by atoms with van der Waals surface area (Å²) in [5.41, 5.74) is 5.60. The molecule has 0 fully saturated rings. The fourth-order valence-corrected chi connectivity index (χ4v) is 1.79. The molecule has 0 aliphatic rings. The molecule has 0 saturated heterocycles. The first kappa shape index (κ1) is 18.1. The fourth-order valence-electron chi connectivity index (χ4n) is 1.79. The van der Waals surface area contributed by atoms with Crippen molar-refractivity contribution in [2.45, 2.75) is 39.3 Å². The second-order valence-corrected chi connectivity index (χ2v) is 6.41. The van der Waals surface area contributed by atoms with Gasteiger partial charge in [0.2, 0.25) is 5.91 Å². The summed E-state index contributed by atoms with van der Waals surface area (Å²) in [6.07, 6.45) is 0. The van der Waals surface area contributed by atoms with Crippen molar-refractivity contribution in [1.82, 2.24) is 10.6 Å². The smallest absolute Gasteiger partial charge is 0.251 e. The highest BCUT2D eigenvalue weighted by molar-refractivity contribution is 5.97. The number of carbonyl (C=O) groups excluding carboxylic acids is 2. The Morgan fingerprint density at radius 3 is 2.23 bits per heavy atom. The first-order chi connectivity index (χ1) is 10.1. The normalized spacial score (nSPS) is 12.9. The van der Waals surface area contributed by atoms with Gasteiger partial charge in [0.25, 0.3) is 5.91 Å². The summed E-state index contributed by atoms with van der Waals surface area (Å²) in [5.74, 6) is -1.21. The summed E-state index contributed by atoms with van der Waals surface area (Å²) in [6.45, 7) is 7.58. The molecule has 0 aliphatic heterocycles. The molecule has 2 amide bonds. The zero-order valence-electron chi connectivity index (χ0n) is 13.4. The number of nitrogens with two attached hydrogens (primary N) is 1. The van der Waals surface area contributed by atoms with Crippen LogP contribution in [0.5, 0.6) is 0 Å². The van der Waals surface area contributed by atoms with Crippen LogP contribution >= 0.6 is 0 Å². The minimum absolute atomic E-state index is 0.0923. The predicted octanol–water partition coefficient (Wildman–Crippen LogP) is 1.43. The predicted molar refractivity (Wildman–Crippen MR) is 83.8 cm³/mol. The van der Waals surface area contributed by atoms with Crippen molar-refractivity contribution in [3.05, 3.63) is 35.6 Å². The Balaban J connectivity index is 2.73. The molecule has 1 rings (SSSR count). The molecule has 1 atom stereocenters. The first-order valence-corrected chi connectivity index (χ1v) is 7.23. The molecule has 22 heavy (non-hydrogen) atoms. The minimum Gasteiger partial charge on any atom is -0.352 e. The average molecular weight is 309 g/mol. The summed E-state index contributed by atoms with van der Waals surface area (Å²) < 4.78 is 12.9. The van der Waals surface area contributed by atoms with E-state index in [0.29, 0.717) is 12.1 Å². The van der Waals surface area contributed by atoms with Crippen LogP contribution in [0.3, 0.4) is 0 Å². The standard InChI is InChI=1S/C16H24FN3O2/c1-10(2)13(15(22)19-9-16(3,4)18)20-14(21)11-5-7-12(17)8-6-11/h5-8,10,13H,9,18H2,1-4H3,(H,19,22)(H,20,21). The lowest BCUT2D eigenvalue weighted by Crippen LogP contribution is -2.53. The Labute approximate surface area is 130 Å². The van der Waals surface area contributed by atoms with Gasteiger partial charge in [-0.3, -0.25) is 9.59 Å². The highest BCUT2D eigenvalue weighted by Crippen LogP contribution is 2.07. The summed E-state index contributed by atoms with van der Waals surface area (Å²) >= 11 is 0. The van der Waals surface area contributed by atoms with Crippen LogP contribution in [0.1, 0.15) is 38.1 Å². The van der Waals surface area contributed by atoms with E-state index in [2.05, 4.69) is 10.6 Å². The van der Waals surface area contributed by atoms with Gasteiger partial charge in [-0.1, -0.05) is 13.8 Å². The third-order valence-corrected chi connectivity index (χ3v) is 3.06. The Morgan fingerprint density at radius 2 is 1.77 bits per heavy atom. The monoisotopic (exact) mass is 309 g/mol. The maximum atomic E-state index is 12.9. The second-order valence-electron chi connectivity index (χ2n) is 6.41. The molecule has 0 saturated carbocycles. The quantitative estimate of drug-likeness (QED) is 0.743. The van der Waals surface area contributed by atoms with Crippen LogP contribution in [0.4, 0.5) is 4.39 Å².